The third-order valence-electron chi connectivity index (χ3n) is 16.5. The van der Waals surface area contributed by atoms with Crippen molar-refractivity contribution in [3.63, 3.8) is 0 Å². The molecule has 2 aromatic heterocycles. The number of alkyl halides is 3. The van der Waals surface area contributed by atoms with E-state index in [1.54, 1.807) is 97.1 Å². The number of fused-ring (bicyclic) bond motifs is 6. The first-order valence-corrected chi connectivity index (χ1v) is 28.0. The van der Waals surface area contributed by atoms with Gasteiger partial charge in [0.25, 0.3) is 0 Å². The minimum absolute atomic E-state index is 0.0269. The Kier molecular flexibility index (Phi) is 13.9. The van der Waals surface area contributed by atoms with Gasteiger partial charge >= 0.3 is 6.18 Å². The van der Waals surface area contributed by atoms with Gasteiger partial charge in [0.1, 0.15) is 0 Å². The van der Waals surface area contributed by atoms with Crippen LogP contribution in [0, 0.1) is 113 Å². The van der Waals surface area contributed by atoms with Gasteiger partial charge in [-0.25, -0.2) is 0 Å². The first kappa shape index (κ1) is 56.8. The predicted octanol–water partition coefficient (Wildman–Crippen LogP) is 17.6. The van der Waals surface area contributed by atoms with Crippen molar-refractivity contribution in [2.45, 2.75) is 6.18 Å². The molecule has 0 aliphatic rings. The Morgan fingerprint density at radius 3 is 0.880 bits per heavy atom. The molecule has 0 fully saturated rings. The van der Waals surface area contributed by atoms with Crippen molar-refractivity contribution in [1.82, 2.24) is 9.13 Å². The van der Waals surface area contributed by atoms with Crippen molar-refractivity contribution in [3.05, 3.63) is 261 Å². The number of hydrogen-bond donors (Lipinski definition) is 0. The van der Waals surface area contributed by atoms with Crippen LogP contribution < -0.4 is 0 Å². The minimum atomic E-state index is -5.02. The van der Waals surface area contributed by atoms with Crippen LogP contribution in [0.4, 0.5) is 13.2 Å². The van der Waals surface area contributed by atoms with Gasteiger partial charge in [0.05, 0.1) is 155 Å². The van der Waals surface area contributed by atoms with Crippen molar-refractivity contribution < 1.29 is 13.2 Å². The van der Waals surface area contributed by atoms with Crippen molar-refractivity contribution in [2.75, 3.05) is 0 Å². The molecular formula is C77H33F3N12. The van der Waals surface area contributed by atoms with E-state index in [9.17, 15) is 52.6 Å². The zero-order chi connectivity index (χ0) is 64.1. The second-order valence-corrected chi connectivity index (χ2v) is 21.4. The fourth-order valence-corrected chi connectivity index (χ4v) is 12.4. The number of halogens is 3. The molecule has 11 aromatic carbocycles. The largest absolute Gasteiger partial charge is 0.417 e. The van der Waals surface area contributed by atoms with Crippen molar-refractivity contribution in [1.29, 1.82) is 52.6 Å². The topological polar surface area (TPSA) is 248 Å². The summed E-state index contributed by atoms with van der Waals surface area (Å²) in [6.07, 6.45) is -5.02. The van der Waals surface area contributed by atoms with Gasteiger partial charge in [-0.3, -0.25) is 0 Å². The standard InChI is InChI=1S/C77H33F3N12/c78-77(79,80)68-29-48(38-85)11-20-62(68)63-4-2-6-74(92-71-23-14-51(60-18-9-46(36-83)27-56(60)42-89)32-66(71)67-33-52(15-24-72(67)92)61-19-10-47(37-84)28-57(61)43-90)76(63)75-53(39-86)3-1-5-73(75)91-69-21-12-49(58-16-7-44(34-81)25-54(58)40-87)30-64(69)65-31-50(13-22-70(65)91)59-17-8-45(35-82)26-55(59)41-88/h1-33H. The first-order valence-electron chi connectivity index (χ1n) is 28.0. The van der Waals surface area contributed by atoms with Crippen LogP contribution >= 0.6 is 0 Å². The van der Waals surface area contributed by atoms with Gasteiger partial charge < -0.3 is 9.13 Å². The lowest BCUT2D eigenvalue weighted by molar-refractivity contribution is -0.137. The van der Waals surface area contributed by atoms with E-state index >= 15 is 13.2 Å². The summed E-state index contributed by atoms with van der Waals surface area (Å²) in [5.74, 6) is 0. The molecule has 15 heteroatoms. The number of hydrogen-bond acceptors (Lipinski definition) is 10. The Labute approximate surface area is 522 Å². The highest BCUT2D eigenvalue weighted by Gasteiger charge is 2.36. The Balaban J connectivity index is 1.17. The fourth-order valence-electron chi connectivity index (χ4n) is 12.4. The van der Waals surface area contributed by atoms with E-state index < -0.39 is 11.7 Å². The van der Waals surface area contributed by atoms with E-state index in [1.807, 2.05) is 75.9 Å². The highest BCUT2D eigenvalue weighted by molar-refractivity contribution is 6.15. The molecule has 0 unspecified atom stereocenters. The van der Waals surface area contributed by atoms with Crippen LogP contribution in [-0.4, -0.2) is 9.13 Å². The maximum Gasteiger partial charge on any atom is 0.417 e. The predicted molar refractivity (Wildman–Crippen MR) is 340 cm³/mol. The van der Waals surface area contributed by atoms with Gasteiger partial charge in [-0.2, -0.15) is 65.8 Å². The van der Waals surface area contributed by atoms with Crippen LogP contribution in [0.3, 0.4) is 0 Å². The van der Waals surface area contributed by atoms with Gasteiger partial charge in [-0.15, -0.1) is 0 Å². The van der Waals surface area contributed by atoms with Crippen LogP contribution in [0.2, 0.25) is 0 Å². The Morgan fingerprint density at radius 2 is 0.565 bits per heavy atom. The SMILES string of the molecule is N#Cc1ccc(-c2ccc3c(c2)c2cc(-c4ccc(C#N)cc4C#N)ccc2n3-c2cccc(C#N)c2-c2c(-c3ccc(C#N)cc3C(F)(F)F)cccc2-n2c3ccc(-c4ccc(C#N)cc4C#N)cc3c3cc(-c4ccc(C#N)cc4C#N)ccc32)c(C#N)c1. The van der Waals surface area contributed by atoms with Crippen molar-refractivity contribution in [2.24, 2.45) is 0 Å². The zero-order valence-electron chi connectivity index (χ0n) is 47.6. The third-order valence-corrected chi connectivity index (χ3v) is 16.5. The van der Waals surface area contributed by atoms with Crippen LogP contribution in [-0.2, 0) is 6.18 Å². The molecule has 0 aliphatic heterocycles. The summed E-state index contributed by atoms with van der Waals surface area (Å²) in [5, 5.41) is 105. The number of benzene rings is 11. The van der Waals surface area contributed by atoms with Crippen LogP contribution in [0.1, 0.15) is 61.2 Å². The molecule has 0 bridgehead atoms. The Morgan fingerprint density at radius 1 is 0.261 bits per heavy atom. The van der Waals surface area contributed by atoms with Gasteiger partial charge in [0, 0.05) is 32.7 Å². The molecule has 0 radical (unpaired) electrons. The second-order valence-electron chi connectivity index (χ2n) is 21.4. The monoisotopic (exact) mass is 1180 g/mol. The summed E-state index contributed by atoms with van der Waals surface area (Å²) < 4.78 is 51.5. The maximum absolute atomic E-state index is 15.9. The van der Waals surface area contributed by atoms with Gasteiger partial charge in [0.15, 0.2) is 0 Å². The quantitative estimate of drug-likeness (QED) is 0.139. The Bertz CT molecular complexity index is 5640. The van der Waals surface area contributed by atoms with E-state index in [0.717, 1.165) is 6.07 Å². The minimum Gasteiger partial charge on any atom is -0.309 e. The van der Waals surface area contributed by atoms with Crippen LogP contribution in [0.5, 0.6) is 0 Å². The maximum atomic E-state index is 15.9. The van der Waals surface area contributed by atoms with E-state index in [2.05, 4.69) is 54.6 Å². The smallest absolute Gasteiger partial charge is 0.309 e. The molecule has 12 nitrogen and oxygen atoms in total. The highest BCUT2D eigenvalue weighted by Crippen LogP contribution is 2.50. The summed E-state index contributed by atoms with van der Waals surface area (Å²) in [4.78, 5) is 0. The molecule has 0 N–H and O–H groups in total. The molecule has 422 valence electrons. The lowest BCUT2D eigenvalue weighted by atomic mass is 9.86. The van der Waals surface area contributed by atoms with Gasteiger partial charge in [-0.1, -0.05) is 72.8 Å². The average molecular weight is 1180 g/mol. The number of rotatable bonds is 8. The van der Waals surface area contributed by atoms with Gasteiger partial charge in [-0.05, 0) is 183 Å². The molecule has 0 aliphatic carbocycles. The average Bonchev–Trinajstić information content (AvgIpc) is 1.46. The molecule has 13 rings (SSSR count). The number of nitrogens with zero attached hydrogens (tertiary/aromatic N) is 12. The lowest BCUT2D eigenvalue weighted by Gasteiger charge is -2.24. The summed E-state index contributed by atoms with van der Waals surface area (Å²) in [6.45, 7) is 0. The summed E-state index contributed by atoms with van der Waals surface area (Å²) >= 11 is 0. The van der Waals surface area contributed by atoms with Gasteiger partial charge in [0.2, 0.25) is 0 Å². The molecule has 0 saturated carbocycles. The van der Waals surface area contributed by atoms with Crippen molar-refractivity contribution >= 4 is 43.6 Å². The van der Waals surface area contributed by atoms with Crippen LogP contribution in [0.15, 0.2) is 200 Å². The second kappa shape index (κ2) is 22.5. The van der Waals surface area contributed by atoms with E-state index in [0.29, 0.717) is 99.5 Å². The molecule has 0 amide bonds. The fraction of sp³-hybridized carbons (Fsp3) is 0.0130. The number of aromatic nitrogens is 2. The van der Waals surface area contributed by atoms with E-state index in [4.69, 9.17) is 0 Å². The van der Waals surface area contributed by atoms with E-state index in [-0.39, 0.29) is 77.9 Å². The summed E-state index contributed by atoms with van der Waals surface area (Å²) in [5.41, 5.74) is 7.99. The molecule has 2 heterocycles. The number of nitriles is 10. The zero-order valence-corrected chi connectivity index (χ0v) is 47.6. The highest BCUT2D eigenvalue weighted by atomic mass is 19.4. The summed E-state index contributed by atoms with van der Waals surface area (Å²) in [6, 6.07) is 75.9. The molecule has 0 atom stereocenters. The van der Waals surface area contributed by atoms with Crippen LogP contribution in [0.25, 0.3) is 122 Å². The normalized spacial score (nSPS) is 10.9. The molecule has 0 saturated heterocycles. The third kappa shape index (κ3) is 9.34. The molecular weight excluding hydrogens is 1150 g/mol. The van der Waals surface area contributed by atoms with Crippen molar-refractivity contribution in [3.8, 4) is 139 Å². The van der Waals surface area contributed by atoms with E-state index in [1.165, 1.54) is 36.4 Å². The molecule has 13 aromatic rings. The molecule has 92 heavy (non-hydrogen) atoms. The lowest BCUT2D eigenvalue weighted by Crippen LogP contribution is -2.09. The first-order chi connectivity index (χ1) is 44.8. The molecule has 0 spiro atoms. The summed E-state index contributed by atoms with van der Waals surface area (Å²) in [7, 11) is 0. The Hall–Kier alpha value is -14.3.